The van der Waals surface area contributed by atoms with Gasteiger partial charge < -0.3 is 15.3 Å². The number of carbonyl (C=O) groups is 4. The zero-order chi connectivity index (χ0) is 14.7. The number of piperazine rings is 1. The number of nitrogens with one attached hydrogen (secondary N) is 2. The van der Waals surface area contributed by atoms with Gasteiger partial charge in [0.15, 0.2) is 0 Å². The largest absolute Gasteiger partial charge is 0.480 e. The number of imide groups is 1. The number of hydrogen-bond acceptors (Lipinski definition) is 4. The summed E-state index contributed by atoms with van der Waals surface area (Å²) in [6.45, 7) is 4.49. The topological polar surface area (TPSA) is 116 Å². The van der Waals surface area contributed by atoms with Crippen LogP contribution in [-0.4, -0.2) is 52.4 Å². The van der Waals surface area contributed by atoms with E-state index in [1.54, 1.807) is 13.8 Å². The van der Waals surface area contributed by atoms with Crippen LogP contribution >= 0.6 is 0 Å². The molecule has 1 saturated heterocycles. The Morgan fingerprint density at radius 2 is 2.00 bits per heavy atom. The number of rotatable bonds is 3. The molecule has 1 fully saturated rings. The van der Waals surface area contributed by atoms with E-state index in [4.69, 9.17) is 5.11 Å². The molecule has 0 aromatic heterocycles. The molecule has 106 valence electrons. The molecule has 2 atom stereocenters. The summed E-state index contributed by atoms with van der Waals surface area (Å²) in [6, 6.07) is -2.63. The van der Waals surface area contributed by atoms with E-state index in [1.807, 2.05) is 0 Å². The fourth-order valence-electron chi connectivity index (χ4n) is 1.69. The van der Waals surface area contributed by atoms with Crippen LogP contribution in [0, 0.1) is 5.92 Å². The molecule has 1 aliphatic heterocycles. The van der Waals surface area contributed by atoms with Crippen LogP contribution in [0.25, 0.3) is 0 Å². The smallest absolute Gasteiger partial charge is 0.326 e. The molecule has 1 aliphatic rings. The number of carboxylic acid groups (broad SMARTS) is 1. The van der Waals surface area contributed by atoms with Crippen molar-refractivity contribution in [2.24, 2.45) is 5.92 Å². The van der Waals surface area contributed by atoms with Gasteiger partial charge in [-0.15, -0.1) is 0 Å². The Kier molecular flexibility index (Phi) is 4.47. The highest BCUT2D eigenvalue weighted by Crippen LogP contribution is 2.08. The summed E-state index contributed by atoms with van der Waals surface area (Å²) in [5.41, 5.74) is 0. The summed E-state index contributed by atoms with van der Waals surface area (Å²) in [4.78, 5) is 46.6. The predicted molar refractivity (Wildman–Crippen MR) is 64.1 cm³/mol. The molecule has 8 heteroatoms. The van der Waals surface area contributed by atoms with E-state index in [2.05, 4.69) is 10.6 Å². The van der Waals surface area contributed by atoms with E-state index in [1.165, 1.54) is 6.92 Å². The lowest BCUT2D eigenvalue weighted by atomic mass is 10.1. The zero-order valence-corrected chi connectivity index (χ0v) is 11.0. The van der Waals surface area contributed by atoms with Gasteiger partial charge in [-0.05, 0) is 12.8 Å². The fourth-order valence-corrected chi connectivity index (χ4v) is 1.69. The summed E-state index contributed by atoms with van der Waals surface area (Å²) in [7, 11) is 0. The fraction of sp³-hybridized carbons (Fsp3) is 0.636. The molecule has 0 bridgehead atoms. The van der Waals surface area contributed by atoms with Gasteiger partial charge in [-0.1, -0.05) is 13.8 Å². The second-order valence-corrected chi connectivity index (χ2v) is 4.73. The third kappa shape index (κ3) is 3.43. The Morgan fingerprint density at radius 1 is 1.42 bits per heavy atom. The van der Waals surface area contributed by atoms with Crippen LogP contribution in [0.3, 0.4) is 0 Å². The van der Waals surface area contributed by atoms with Crippen LogP contribution in [0.2, 0.25) is 0 Å². The summed E-state index contributed by atoms with van der Waals surface area (Å²) < 4.78 is 0. The quantitative estimate of drug-likeness (QED) is 0.578. The van der Waals surface area contributed by atoms with Crippen molar-refractivity contribution in [2.45, 2.75) is 32.9 Å². The Bertz CT molecular complexity index is 421. The SMILES string of the molecule is CC(C)[C@@H](NC(=O)N1CC(=O)NC(=O)C1C)C(=O)O. The molecule has 1 unspecified atom stereocenters. The Balaban J connectivity index is 2.78. The third-order valence-corrected chi connectivity index (χ3v) is 2.90. The van der Waals surface area contributed by atoms with Crippen molar-refractivity contribution in [1.82, 2.24) is 15.5 Å². The molecular weight excluding hydrogens is 254 g/mol. The van der Waals surface area contributed by atoms with Crippen molar-refractivity contribution in [3.8, 4) is 0 Å². The number of carbonyl (C=O) groups excluding carboxylic acids is 3. The summed E-state index contributed by atoms with van der Waals surface area (Å²) in [6.07, 6.45) is 0. The zero-order valence-electron chi connectivity index (χ0n) is 11.0. The van der Waals surface area contributed by atoms with Crippen LogP contribution in [-0.2, 0) is 14.4 Å². The molecule has 3 N–H and O–H groups in total. The average molecular weight is 271 g/mol. The molecule has 0 aromatic rings. The maximum atomic E-state index is 11.9. The van der Waals surface area contributed by atoms with Gasteiger partial charge in [0, 0.05) is 0 Å². The van der Waals surface area contributed by atoms with E-state index >= 15 is 0 Å². The first-order valence-electron chi connectivity index (χ1n) is 5.87. The second-order valence-electron chi connectivity index (χ2n) is 4.73. The lowest BCUT2D eigenvalue weighted by Crippen LogP contribution is -2.62. The number of urea groups is 1. The molecule has 19 heavy (non-hydrogen) atoms. The highest BCUT2D eigenvalue weighted by Gasteiger charge is 2.35. The van der Waals surface area contributed by atoms with E-state index < -0.39 is 35.9 Å². The molecule has 4 amide bonds. The third-order valence-electron chi connectivity index (χ3n) is 2.90. The van der Waals surface area contributed by atoms with E-state index in [0.717, 1.165) is 4.90 Å². The van der Waals surface area contributed by atoms with Gasteiger partial charge in [0.1, 0.15) is 18.6 Å². The molecule has 8 nitrogen and oxygen atoms in total. The summed E-state index contributed by atoms with van der Waals surface area (Å²) in [5.74, 6) is -2.65. The van der Waals surface area contributed by atoms with Crippen molar-refractivity contribution in [1.29, 1.82) is 0 Å². The summed E-state index contributed by atoms with van der Waals surface area (Å²) >= 11 is 0. The number of hydrogen-bond donors (Lipinski definition) is 3. The van der Waals surface area contributed by atoms with Crippen molar-refractivity contribution < 1.29 is 24.3 Å². The molecule has 0 saturated carbocycles. The van der Waals surface area contributed by atoms with Crippen LogP contribution in [0.15, 0.2) is 0 Å². The maximum absolute atomic E-state index is 11.9. The first-order chi connectivity index (χ1) is 8.73. The highest BCUT2D eigenvalue weighted by molar-refractivity contribution is 6.04. The lowest BCUT2D eigenvalue weighted by molar-refractivity contribution is -0.140. The van der Waals surface area contributed by atoms with Crippen LogP contribution in [0.1, 0.15) is 20.8 Å². The molecule has 0 aromatic carbocycles. The standard InChI is InChI=1S/C11H17N3O5/c1-5(2)8(10(17)18)13-11(19)14-4-7(15)12-9(16)6(14)3/h5-6,8H,4H2,1-3H3,(H,13,19)(H,17,18)(H,12,15,16)/t6?,8-/m1/s1. The molecule has 1 heterocycles. The summed E-state index contributed by atoms with van der Waals surface area (Å²) in [5, 5.41) is 13.4. The Labute approximate surface area is 110 Å². The van der Waals surface area contributed by atoms with Crippen molar-refractivity contribution in [2.75, 3.05) is 6.54 Å². The van der Waals surface area contributed by atoms with Gasteiger partial charge in [-0.2, -0.15) is 0 Å². The molecule has 1 rings (SSSR count). The average Bonchev–Trinajstić information content (AvgIpc) is 2.29. The van der Waals surface area contributed by atoms with Crippen molar-refractivity contribution in [3.05, 3.63) is 0 Å². The minimum atomic E-state index is -1.16. The number of amides is 4. The number of carboxylic acids is 1. The van der Waals surface area contributed by atoms with Crippen LogP contribution in [0.5, 0.6) is 0 Å². The lowest BCUT2D eigenvalue weighted by Gasteiger charge is -2.33. The molecule has 0 aliphatic carbocycles. The van der Waals surface area contributed by atoms with Crippen LogP contribution < -0.4 is 10.6 Å². The van der Waals surface area contributed by atoms with Gasteiger partial charge >= 0.3 is 12.0 Å². The predicted octanol–water partition coefficient (Wildman–Crippen LogP) is -0.848. The maximum Gasteiger partial charge on any atom is 0.326 e. The first kappa shape index (κ1) is 14.9. The van der Waals surface area contributed by atoms with Gasteiger partial charge in [0.05, 0.1) is 0 Å². The van der Waals surface area contributed by atoms with Crippen LogP contribution in [0.4, 0.5) is 4.79 Å². The van der Waals surface area contributed by atoms with Crippen molar-refractivity contribution in [3.63, 3.8) is 0 Å². The van der Waals surface area contributed by atoms with E-state index in [9.17, 15) is 19.2 Å². The normalized spacial score (nSPS) is 21.1. The van der Waals surface area contributed by atoms with E-state index in [0.29, 0.717) is 0 Å². The number of nitrogens with zero attached hydrogens (tertiary/aromatic N) is 1. The van der Waals surface area contributed by atoms with E-state index in [-0.39, 0.29) is 12.5 Å². The number of aliphatic carboxylic acids is 1. The second kappa shape index (κ2) is 5.68. The minimum absolute atomic E-state index is 0.275. The van der Waals surface area contributed by atoms with Gasteiger partial charge in [-0.25, -0.2) is 9.59 Å². The van der Waals surface area contributed by atoms with Gasteiger partial charge in [0.2, 0.25) is 11.8 Å². The molecule has 0 radical (unpaired) electrons. The Hall–Kier alpha value is -2.12. The minimum Gasteiger partial charge on any atom is -0.480 e. The monoisotopic (exact) mass is 271 g/mol. The van der Waals surface area contributed by atoms with Crippen molar-refractivity contribution >= 4 is 23.8 Å². The van der Waals surface area contributed by atoms with Gasteiger partial charge in [0.25, 0.3) is 0 Å². The first-order valence-corrected chi connectivity index (χ1v) is 5.87. The molecule has 0 spiro atoms. The Morgan fingerprint density at radius 3 is 2.47 bits per heavy atom. The van der Waals surface area contributed by atoms with Gasteiger partial charge in [-0.3, -0.25) is 14.9 Å². The molecular formula is C11H17N3O5. The highest BCUT2D eigenvalue weighted by atomic mass is 16.4.